The summed E-state index contributed by atoms with van der Waals surface area (Å²) >= 11 is 0. The molecule has 1 unspecified atom stereocenters. The molecule has 0 aromatic heterocycles. The molecule has 1 aliphatic heterocycles. The third-order valence-corrected chi connectivity index (χ3v) is 1.09. The third kappa shape index (κ3) is 1.20. The second-order valence-corrected chi connectivity index (χ2v) is 1.83. The Hall–Kier alpha value is -1.03. The highest BCUT2D eigenvalue weighted by atomic mass is 16.4. The maximum atomic E-state index is 10.1. The first-order chi connectivity index (χ1) is 4.20. The van der Waals surface area contributed by atoms with Crippen molar-refractivity contribution in [3.05, 3.63) is 11.8 Å². The second-order valence-electron chi connectivity index (χ2n) is 1.83. The maximum absolute atomic E-state index is 10.1. The van der Waals surface area contributed by atoms with E-state index in [0.717, 1.165) is 0 Å². The zero-order chi connectivity index (χ0) is 6.85. The van der Waals surface area contributed by atoms with Gasteiger partial charge in [-0.05, 0) is 6.08 Å². The minimum absolute atomic E-state index is 0.0856. The SMILES string of the molecule is O=C(O)C1=CC(O)CN1. The van der Waals surface area contributed by atoms with E-state index < -0.39 is 12.1 Å². The monoisotopic (exact) mass is 129 g/mol. The van der Waals surface area contributed by atoms with Crippen molar-refractivity contribution in [1.29, 1.82) is 0 Å². The van der Waals surface area contributed by atoms with Gasteiger partial charge in [0.05, 0.1) is 6.10 Å². The van der Waals surface area contributed by atoms with Gasteiger partial charge in [0.25, 0.3) is 0 Å². The van der Waals surface area contributed by atoms with Crippen LogP contribution in [0, 0.1) is 0 Å². The molecule has 3 N–H and O–H groups in total. The number of carbonyl (C=O) groups is 1. The second kappa shape index (κ2) is 2.06. The van der Waals surface area contributed by atoms with E-state index in [4.69, 9.17) is 10.2 Å². The van der Waals surface area contributed by atoms with Crippen molar-refractivity contribution in [1.82, 2.24) is 5.32 Å². The number of hydrogen-bond donors (Lipinski definition) is 3. The Morgan fingerprint density at radius 2 is 2.56 bits per heavy atom. The number of hydrogen-bond acceptors (Lipinski definition) is 3. The van der Waals surface area contributed by atoms with Crippen molar-refractivity contribution in [3.8, 4) is 0 Å². The Labute approximate surface area is 51.8 Å². The fourth-order valence-electron chi connectivity index (χ4n) is 0.672. The lowest BCUT2D eigenvalue weighted by Gasteiger charge is -1.94. The summed E-state index contributed by atoms with van der Waals surface area (Å²) in [6.07, 6.45) is 0.638. The zero-order valence-corrected chi connectivity index (χ0v) is 4.66. The van der Waals surface area contributed by atoms with Gasteiger partial charge in [0.1, 0.15) is 5.70 Å². The van der Waals surface area contributed by atoms with Crippen LogP contribution in [0.25, 0.3) is 0 Å². The molecular weight excluding hydrogens is 122 g/mol. The van der Waals surface area contributed by atoms with E-state index >= 15 is 0 Å². The molecule has 0 bridgehead atoms. The lowest BCUT2D eigenvalue weighted by Crippen LogP contribution is -2.18. The average molecular weight is 129 g/mol. The minimum Gasteiger partial charge on any atom is -0.477 e. The van der Waals surface area contributed by atoms with Crippen LogP contribution in [0.1, 0.15) is 0 Å². The molecule has 0 amide bonds. The van der Waals surface area contributed by atoms with E-state index in [-0.39, 0.29) is 5.70 Å². The lowest BCUT2D eigenvalue weighted by molar-refractivity contribution is -0.132. The van der Waals surface area contributed by atoms with Crippen LogP contribution in [0.5, 0.6) is 0 Å². The van der Waals surface area contributed by atoms with E-state index in [2.05, 4.69) is 5.32 Å². The molecule has 4 nitrogen and oxygen atoms in total. The Morgan fingerprint density at radius 3 is 2.78 bits per heavy atom. The largest absolute Gasteiger partial charge is 0.477 e. The summed E-state index contributed by atoms with van der Waals surface area (Å²) in [7, 11) is 0. The fraction of sp³-hybridized carbons (Fsp3) is 0.400. The summed E-state index contributed by atoms with van der Waals surface area (Å²) in [6.45, 7) is 0.307. The normalized spacial score (nSPS) is 25.0. The number of aliphatic hydroxyl groups excluding tert-OH is 1. The molecule has 0 spiro atoms. The molecule has 1 heterocycles. The summed E-state index contributed by atoms with van der Waals surface area (Å²) in [4.78, 5) is 10.1. The van der Waals surface area contributed by atoms with Gasteiger partial charge in [-0.15, -0.1) is 0 Å². The van der Waals surface area contributed by atoms with Gasteiger partial charge >= 0.3 is 5.97 Å². The van der Waals surface area contributed by atoms with Gasteiger partial charge < -0.3 is 15.5 Å². The molecule has 1 atom stereocenters. The topological polar surface area (TPSA) is 69.6 Å². The first kappa shape index (κ1) is 6.10. The number of β-amino-alcohol motifs (C(OH)–C–C–N with tert-alkyl or cyclic N) is 1. The number of nitrogens with one attached hydrogen (secondary N) is 1. The molecular formula is C5H7NO3. The molecule has 1 rings (SSSR count). The summed E-state index contributed by atoms with van der Waals surface area (Å²) in [5.41, 5.74) is 0.0856. The Kier molecular flexibility index (Phi) is 1.40. The number of aliphatic carboxylic acids is 1. The van der Waals surface area contributed by atoms with Crippen LogP contribution in [0.4, 0.5) is 0 Å². The van der Waals surface area contributed by atoms with Crippen LogP contribution in [-0.4, -0.2) is 28.8 Å². The molecule has 9 heavy (non-hydrogen) atoms. The van der Waals surface area contributed by atoms with Gasteiger partial charge in [0.15, 0.2) is 0 Å². The molecule has 0 saturated heterocycles. The molecule has 0 aliphatic carbocycles. The van der Waals surface area contributed by atoms with Crippen LogP contribution in [0.15, 0.2) is 11.8 Å². The molecule has 50 valence electrons. The Morgan fingerprint density at radius 1 is 1.89 bits per heavy atom. The van der Waals surface area contributed by atoms with Crippen molar-refractivity contribution < 1.29 is 15.0 Å². The quantitative estimate of drug-likeness (QED) is 0.421. The number of aliphatic hydroxyl groups is 1. The summed E-state index contributed by atoms with van der Waals surface area (Å²) in [6, 6.07) is 0. The van der Waals surface area contributed by atoms with Crippen molar-refractivity contribution in [2.75, 3.05) is 6.54 Å². The molecule has 0 fully saturated rings. The van der Waals surface area contributed by atoms with Crippen molar-refractivity contribution in [2.45, 2.75) is 6.10 Å². The van der Waals surface area contributed by atoms with Crippen molar-refractivity contribution >= 4 is 5.97 Å². The van der Waals surface area contributed by atoms with E-state index in [1.54, 1.807) is 0 Å². The fourth-order valence-corrected chi connectivity index (χ4v) is 0.672. The number of rotatable bonds is 1. The molecule has 0 aromatic carbocycles. The highest BCUT2D eigenvalue weighted by Gasteiger charge is 2.16. The maximum Gasteiger partial charge on any atom is 0.351 e. The molecule has 1 aliphatic rings. The standard InChI is InChI=1S/C5H7NO3/c7-3-1-4(5(8)9)6-2-3/h1,3,6-7H,2H2,(H,8,9). The minimum atomic E-state index is -1.02. The highest BCUT2D eigenvalue weighted by molar-refractivity contribution is 5.86. The van der Waals surface area contributed by atoms with Crippen LogP contribution in [0.3, 0.4) is 0 Å². The van der Waals surface area contributed by atoms with Gasteiger partial charge in [0, 0.05) is 6.54 Å². The molecule has 0 radical (unpaired) electrons. The van der Waals surface area contributed by atoms with E-state index in [9.17, 15) is 4.79 Å². The van der Waals surface area contributed by atoms with E-state index in [1.165, 1.54) is 6.08 Å². The number of carboxylic acid groups (broad SMARTS) is 1. The first-order valence-corrected chi connectivity index (χ1v) is 2.57. The summed E-state index contributed by atoms with van der Waals surface area (Å²) in [5.74, 6) is -1.02. The third-order valence-electron chi connectivity index (χ3n) is 1.09. The van der Waals surface area contributed by atoms with Gasteiger partial charge in [-0.3, -0.25) is 0 Å². The molecule has 0 saturated carbocycles. The van der Waals surface area contributed by atoms with Gasteiger partial charge in [-0.25, -0.2) is 4.79 Å². The summed E-state index contributed by atoms with van der Waals surface area (Å²) < 4.78 is 0. The summed E-state index contributed by atoms with van der Waals surface area (Å²) in [5, 5.41) is 19.6. The number of carboxylic acids is 1. The Bertz CT molecular complexity index is 164. The van der Waals surface area contributed by atoms with Gasteiger partial charge in [0.2, 0.25) is 0 Å². The average Bonchev–Trinajstić information content (AvgIpc) is 2.14. The van der Waals surface area contributed by atoms with Crippen molar-refractivity contribution in [3.63, 3.8) is 0 Å². The first-order valence-electron chi connectivity index (χ1n) is 2.57. The van der Waals surface area contributed by atoms with Gasteiger partial charge in [-0.1, -0.05) is 0 Å². The van der Waals surface area contributed by atoms with Crippen LogP contribution in [-0.2, 0) is 4.79 Å². The van der Waals surface area contributed by atoms with Crippen molar-refractivity contribution in [2.24, 2.45) is 0 Å². The van der Waals surface area contributed by atoms with Crippen LogP contribution >= 0.6 is 0 Å². The lowest BCUT2D eigenvalue weighted by atomic mass is 10.3. The predicted octanol–water partition coefficient (Wildman–Crippen LogP) is -1.08. The van der Waals surface area contributed by atoms with Gasteiger partial charge in [-0.2, -0.15) is 0 Å². The smallest absolute Gasteiger partial charge is 0.351 e. The van der Waals surface area contributed by atoms with Crippen LogP contribution < -0.4 is 5.32 Å². The predicted molar refractivity (Wildman–Crippen MR) is 29.7 cm³/mol. The van der Waals surface area contributed by atoms with E-state index in [1.807, 2.05) is 0 Å². The Balaban J connectivity index is 2.62. The zero-order valence-electron chi connectivity index (χ0n) is 4.66. The molecule has 0 aromatic rings. The highest BCUT2D eigenvalue weighted by Crippen LogP contribution is 2.00. The molecule has 4 heteroatoms. The van der Waals surface area contributed by atoms with E-state index in [0.29, 0.717) is 6.54 Å². The van der Waals surface area contributed by atoms with Crippen LogP contribution in [0.2, 0.25) is 0 Å².